The molecule has 0 saturated carbocycles. The lowest BCUT2D eigenvalue weighted by Crippen LogP contribution is -2.42. The van der Waals surface area contributed by atoms with Crippen molar-refractivity contribution in [1.82, 2.24) is 18.9 Å². The van der Waals surface area contributed by atoms with Crippen LogP contribution in [0.25, 0.3) is 16.9 Å². The summed E-state index contributed by atoms with van der Waals surface area (Å²) in [6, 6.07) is 8.89. The quantitative estimate of drug-likeness (QED) is 0.508. The van der Waals surface area contributed by atoms with Crippen molar-refractivity contribution in [1.29, 1.82) is 0 Å². The van der Waals surface area contributed by atoms with Gasteiger partial charge in [0.05, 0.1) is 10.6 Å². The minimum Gasteiger partial charge on any atom is -0.507 e. The summed E-state index contributed by atoms with van der Waals surface area (Å²) in [7, 11) is -1.72. The highest BCUT2D eigenvalue weighted by Crippen LogP contribution is 2.30. The zero-order valence-corrected chi connectivity index (χ0v) is 20.2. The second kappa shape index (κ2) is 9.46. The normalized spacial score (nSPS) is 21.2. The van der Waals surface area contributed by atoms with E-state index in [4.69, 9.17) is 4.98 Å². The molecule has 0 spiro atoms. The summed E-state index contributed by atoms with van der Waals surface area (Å²) in [5, 5.41) is 18.2. The van der Waals surface area contributed by atoms with Gasteiger partial charge in [0.1, 0.15) is 25.6 Å². The van der Waals surface area contributed by atoms with Crippen LogP contribution in [0.1, 0.15) is 19.3 Å². The Morgan fingerprint density at radius 2 is 2.11 bits per heavy atom. The number of phenols is 1. The van der Waals surface area contributed by atoms with Crippen LogP contribution in [0.2, 0.25) is 0 Å². The third-order valence-electron chi connectivity index (χ3n) is 6.53. The van der Waals surface area contributed by atoms with E-state index in [1.54, 1.807) is 22.8 Å². The molecule has 0 amide bonds. The number of anilines is 1. The molecule has 2 aromatic heterocycles. The van der Waals surface area contributed by atoms with Gasteiger partial charge in [-0.1, -0.05) is 18.2 Å². The number of para-hydroxylation sites is 1. The molecule has 11 heteroatoms. The molecule has 8 nitrogen and oxygen atoms in total. The number of nitrogens with one attached hydrogen (secondary N) is 1. The van der Waals surface area contributed by atoms with E-state index in [9.17, 15) is 17.9 Å². The molecule has 1 aliphatic heterocycles. The summed E-state index contributed by atoms with van der Waals surface area (Å²) >= 11 is 0. The highest BCUT2D eigenvalue weighted by Gasteiger charge is 2.31. The Hall–Kier alpha value is -3.18. The van der Waals surface area contributed by atoms with Gasteiger partial charge in [-0.3, -0.25) is 0 Å². The lowest BCUT2D eigenvalue weighted by atomic mass is 9.99. The fourth-order valence-electron chi connectivity index (χ4n) is 4.60. The van der Waals surface area contributed by atoms with Crippen molar-refractivity contribution in [3.05, 3.63) is 59.7 Å². The molecule has 2 N–H and O–H groups in total. The largest absolute Gasteiger partial charge is 0.507 e. The lowest BCUT2D eigenvalue weighted by Gasteiger charge is -2.32. The monoisotopic (exact) mass is 495 g/mol. The highest BCUT2D eigenvalue weighted by atomic mass is 32.2. The first kappa shape index (κ1) is 23.6. The van der Waals surface area contributed by atoms with Gasteiger partial charge in [-0.25, -0.2) is 17.8 Å². The molecule has 1 aliphatic carbocycles. The van der Waals surface area contributed by atoms with Crippen molar-refractivity contribution in [2.45, 2.75) is 25.4 Å². The molecular weight excluding hydrogens is 468 g/mol. The molecule has 1 aromatic carbocycles. The van der Waals surface area contributed by atoms with Crippen molar-refractivity contribution >= 4 is 34.8 Å². The molecule has 2 atom stereocenters. The number of aromatic hydroxyl groups is 1. The Morgan fingerprint density at radius 1 is 1.29 bits per heavy atom. The van der Waals surface area contributed by atoms with Crippen molar-refractivity contribution in [2.75, 3.05) is 25.0 Å². The summed E-state index contributed by atoms with van der Waals surface area (Å²) in [5.41, 5.74) is 2.84. The Bertz CT molecular complexity index is 1420. The number of nitrogens with zero attached hydrogens (tertiary/aromatic N) is 4. The van der Waals surface area contributed by atoms with E-state index in [1.165, 1.54) is 22.5 Å². The molecule has 3 aromatic rings. The smallest absolute Gasteiger partial charge is 0.242 e. The second-order valence-corrected chi connectivity index (χ2v) is 11.0. The first-order valence-electron chi connectivity index (χ1n) is 11.7. The summed E-state index contributed by atoms with van der Waals surface area (Å²) in [6.45, 7) is 1.39. The Morgan fingerprint density at radius 3 is 2.89 bits per heavy atom. The number of halogens is 1. The van der Waals surface area contributed by atoms with Crippen LogP contribution < -0.4 is 10.8 Å². The maximum atomic E-state index is 13.4. The molecule has 35 heavy (non-hydrogen) atoms. The predicted molar refractivity (Wildman–Crippen MR) is 137 cm³/mol. The number of aromatic nitrogens is 3. The maximum Gasteiger partial charge on any atom is 0.242 e. The highest BCUT2D eigenvalue weighted by molar-refractivity contribution is 7.93. The van der Waals surface area contributed by atoms with Crippen molar-refractivity contribution in [2.24, 2.45) is 5.92 Å². The molecular formula is C24H27BFN5O3S. The van der Waals surface area contributed by atoms with E-state index < -0.39 is 16.2 Å². The number of piperidine rings is 1. The summed E-state index contributed by atoms with van der Waals surface area (Å²) in [5.74, 6) is 0.952. The minimum absolute atomic E-state index is 0.0878. The maximum absolute atomic E-state index is 13.4. The number of hydrogen-bond donors (Lipinski definition) is 2. The van der Waals surface area contributed by atoms with Gasteiger partial charge in [-0.2, -0.15) is 13.9 Å². The number of allylic oxidation sites excluding steroid dienone is 3. The SMILES string of the molecule is Bc1cnn2c(NCC3CCCN(S(=O)(=O)C4=CCC(F)C=C4)C3)cc(-c3ccccc3O)nc12. The molecule has 1 saturated heterocycles. The number of benzene rings is 1. The van der Waals surface area contributed by atoms with Gasteiger partial charge in [-0.05, 0) is 48.5 Å². The van der Waals surface area contributed by atoms with Crippen LogP contribution in [0.4, 0.5) is 10.2 Å². The molecule has 5 rings (SSSR count). The summed E-state index contributed by atoms with van der Waals surface area (Å²) < 4.78 is 42.8. The fourth-order valence-corrected chi connectivity index (χ4v) is 6.23. The standard InChI is InChI=1S/C24H27BFN5O3S/c25-20-14-28-31-23(12-21(29-24(20)31)19-5-1-2-6-22(19)32)27-13-16-4-3-11-30(15-16)35(33,34)18-9-7-17(26)8-10-18/h1-2,5-7,9-10,12,14,16-17,27,32H,3-4,8,11,13,15,25H2. The predicted octanol–water partition coefficient (Wildman–Crippen LogP) is 2.00. The third kappa shape index (κ3) is 4.70. The second-order valence-electron chi connectivity index (χ2n) is 9.08. The number of fused-ring (bicyclic) bond motifs is 1. The Kier molecular flexibility index (Phi) is 6.37. The van der Waals surface area contributed by atoms with Crippen LogP contribution >= 0.6 is 0 Å². The van der Waals surface area contributed by atoms with Gasteiger partial charge >= 0.3 is 0 Å². The van der Waals surface area contributed by atoms with Crippen LogP contribution in [0, 0.1) is 5.92 Å². The van der Waals surface area contributed by atoms with Crippen molar-refractivity contribution in [3.8, 4) is 17.0 Å². The Labute approximate surface area is 204 Å². The van der Waals surface area contributed by atoms with Gasteiger partial charge in [0.25, 0.3) is 0 Å². The van der Waals surface area contributed by atoms with E-state index in [0.29, 0.717) is 42.4 Å². The van der Waals surface area contributed by atoms with Crippen LogP contribution in [0.5, 0.6) is 5.75 Å². The zero-order valence-electron chi connectivity index (χ0n) is 19.4. The number of sulfonamides is 1. The molecule has 2 unspecified atom stereocenters. The first-order valence-corrected chi connectivity index (χ1v) is 13.2. The van der Waals surface area contributed by atoms with E-state index in [1.807, 2.05) is 26.0 Å². The number of rotatable bonds is 6. The van der Waals surface area contributed by atoms with E-state index in [-0.39, 0.29) is 23.0 Å². The first-order chi connectivity index (χ1) is 16.8. The van der Waals surface area contributed by atoms with Gasteiger partial charge < -0.3 is 10.4 Å². The van der Waals surface area contributed by atoms with Gasteiger partial charge in [0, 0.05) is 43.9 Å². The fraction of sp³-hybridized carbons (Fsp3) is 0.333. The minimum atomic E-state index is -3.65. The molecule has 2 aliphatic rings. The van der Waals surface area contributed by atoms with Gasteiger partial charge in [-0.15, -0.1) is 0 Å². The summed E-state index contributed by atoms with van der Waals surface area (Å²) in [6.07, 6.45) is 6.49. The molecule has 3 heterocycles. The number of alkyl halides is 1. The average molecular weight is 495 g/mol. The Balaban J connectivity index is 1.36. The van der Waals surface area contributed by atoms with Crippen LogP contribution in [0.15, 0.2) is 59.7 Å². The van der Waals surface area contributed by atoms with Crippen molar-refractivity contribution < 1.29 is 17.9 Å². The lowest BCUT2D eigenvalue weighted by molar-refractivity contribution is 0.277. The molecule has 1 fully saturated rings. The van der Waals surface area contributed by atoms with Gasteiger partial charge in [0.2, 0.25) is 10.0 Å². The van der Waals surface area contributed by atoms with Gasteiger partial charge in [0.15, 0.2) is 5.65 Å². The van der Waals surface area contributed by atoms with Crippen LogP contribution in [-0.2, 0) is 10.0 Å². The van der Waals surface area contributed by atoms with Crippen LogP contribution in [0.3, 0.4) is 0 Å². The molecule has 0 bridgehead atoms. The van der Waals surface area contributed by atoms with E-state index in [2.05, 4.69) is 10.4 Å². The molecule has 182 valence electrons. The average Bonchev–Trinajstić information content (AvgIpc) is 3.24. The van der Waals surface area contributed by atoms with E-state index >= 15 is 0 Å². The summed E-state index contributed by atoms with van der Waals surface area (Å²) in [4.78, 5) is 4.87. The van der Waals surface area contributed by atoms with Crippen LogP contribution in [-0.4, -0.2) is 66.1 Å². The van der Waals surface area contributed by atoms with E-state index in [0.717, 1.165) is 18.3 Å². The number of phenolic OH excluding ortho intramolecular Hbond substituents is 1. The van der Waals surface area contributed by atoms with Crippen molar-refractivity contribution in [3.63, 3.8) is 0 Å². The topological polar surface area (TPSA) is 99.8 Å². The zero-order chi connectivity index (χ0) is 24.6. The number of hydrogen-bond acceptors (Lipinski definition) is 6. The third-order valence-corrected chi connectivity index (χ3v) is 8.44. The molecule has 0 radical (unpaired) electrons.